The van der Waals surface area contributed by atoms with Crippen LogP contribution in [0.15, 0.2) is 66.7 Å². The van der Waals surface area contributed by atoms with Crippen molar-refractivity contribution in [3.05, 3.63) is 85.0 Å². The average Bonchev–Trinajstić information content (AvgIpc) is 3.08. The minimum atomic E-state index is -0.162. The quantitative estimate of drug-likeness (QED) is 0.200. The van der Waals surface area contributed by atoms with Crippen molar-refractivity contribution in [1.82, 2.24) is 5.32 Å². The Kier molecular flexibility index (Phi) is 9.66. The third-order valence-electron chi connectivity index (χ3n) is 7.14. The lowest BCUT2D eigenvalue weighted by molar-refractivity contribution is 0.249. The minimum absolute atomic E-state index is 0.162. The van der Waals surface area contributed by atoms with Crippen molar-refractivity contribution >= 4 is 56.9 Å². The normalized spacial score (nSPS) is 18.5. The molecule has 0 saturated heterocycles. The number of urea groups is 1. The van der Waals surface area contributed by atoms with Crippen LogP contribution in [0.3, 0.4) is 0 Å². The monoisotopic (exact) mass is 703 g/mol. The zero-order valence-electron chi connectivity index (χ0n) is 20.4. The average molecular weight is 703 g/mol. The molecule has 2 amide bonds. The van der Waals surface area contributed by atoms with E-state index in [1.54, 1.807) is 0 Å². The maximum absolute atomic E-state index is 12.8. The van der Waals surface area contributed by atoms with Gasteiger partial charge in [0.1, 0.15) is 0 Å². The Morgan fingerprint density at radius 1 is 0.972 bits per heavy atom. The van der Waals surface area contributed by atoms with E-state index in [1.807, 2.05) is 36.4 Å². The molecule has 3 aromatic carbocycles. The molecule has 36 heavy (non-hydrogen) atoms. The molecule has 0 aromatic heterocycles. The van der Waals surface area contributed by atoms with Gasteiger partial charge in [0.05, 0.1) is 11.6 Å². The standard InChI is InChI=1S/C30H31I2N3O/c1-20-4-2-6-23(9-8-20)29(19-34-30(36)35-28-16-26(31)15-27(32)17-28)24-12-10-22(11-13-24)25-7-3-5-21(14-25)18-33/h3,5,7,10-17,20,23,29H,2,4,6,8-9,19H2,1H3,(H2,34,35,36). The van der Waals surface area contributed by atoms with E-state index in [2.05, 4.69) is 99.1 Å². The van der Waals surface area contributed by atoms with E-state index in [0.29, 0.717) is 18.0 Å². The van der Waals surface area contributed by atoms with Crippen LogP contribution in [0.5, 0.6) is 0 Å². The Labute approximate surface area is 241 Å². The number of hydrogen-bond acceptors (Lipinski definition) is 2. The zero-order chi connectivity index (χ0) is 25.5. The predicted octanol–water partition coefficient (Wildman–Crippen LogP) is 8.56. The zero-order valence-corrected chi connectivity index (χ0v) is 24.8. The lowest BCUT2D eigenvalue weighted by atomic mass is 9.80. The van der Waals surface area contributed by atoms with Gasteiger partial charge < -0.3 is 10.6 Å². The molecular weight excluding hydrogens is 672 g/mol. The molecule has 1 aliphatic carbocycles. The van der Waals surface area contributed by atoms with Gasteiger partial charge >= 0.3 is 6.03 Å². The summed E-state index contributed by atoms with van der Waals surface area (Å²) in [6.07, 6.45) is 6.16. The molecule has 4 rings (SSSR count). The molecule has 0 bridgehead atoms. The number of amides is 2. The molecule has 186 valence electrons. The van der Waals surface area contributed by atoms with Crippen LogP contribution in [-0.2, 0) is 0 Å². The van der Waals surface area contributed by atoms with Gasteiger partial charge in [-0.3, -0.25) is 0 Å². The van der Waals surface area contributed by atoms with E-state index in [4.69, 9.17) is 0 Å². The maximum Gasteiger partial charge on any atom is 0.319 e. The molecule has 6 heteroatoms. The van der Waals surface area contributed by atoms with Crippen molar-refractivity contribution in [3.8, 4) is 17.2 Å². The number of carbonyl (C=O) groups is 1. The molecule has 1 aliphatic rings. The summed E-state index contributed by atoms with van der Waals surface area (Å²) >= 11 is 4.54. The number of nitrogens with zero attached hydrogens (tertiary/aromatic N) is 1. The summed E-state index contributed by atoms with van der Waals surface area (Å²) in [7, 11) is 0. The minimum Gasteiger partial charge on any atom is -0.337 e. The van der Waals surface area contributed by atoms with E-state index in [0.717, 1.165) is 29.9 Å². The summed E-state index contributed by atoms with van der Waals surface area (Å²) < 4.78 is 2.20. The van der Waals surface area contributed by atoms with Crippen LogP contribution >= 0.6 is 45.2 Å². The number of nitrogens with one attached hydrogen (secondary N) is 2. The van der Waals surface area contributed by atoms with Crippen LogP contribution in [0.1, 0.15) is 56.1 Å². The second-order valence-corrected chi connectivity index (χ2v) is 12.3. The van der Waals surface area contributed by atoms with Gasteiger partial charge in [-0.1, -0.05) is 62.6 Å². The van der Waals surface area contributed by atoms with E-state index in [-0.39, 0.29) is 11.9 Å². The van der Waals surface area contributed by atoms with E-state index in [1.165, 1.54) is 37.7 Å². The van der Waals surface area contributed by atoms with E-state index < -0.39 is 0 Å². The number of nitriles is 1. The number of anilines is 1. The fourth-order valence-electron chi connectivity index (χ4n) is 5.17. The number of benzene rings is 3. The molecule has 3 unspecified atom stereocenters. The first kappa shape index (κ1) is 26.9. The third kappa shape index (κ3) is 7.45. The van der Waals surface area contributed by atoms with Gasteiger partial charge in [0, 0.05) is 25.3 Å². The first-order valence-corrected chi connectivity index (χ1v) is 14.7. The second-order valence-electron chi connectivity index (χ2n) is 9.79. The molecule has 1 saturated carbocycles. The summed E-state index contributed by atoms with van der Waals surface area (Å²) in [5.74, 6) is 1.57. The highest BCUT2D eigenvalue weighted by Gasteiger charge is 2.26. The van der Waals surface area contributed by atoms with Gasteiger partial charge in [-0.25, -0.2) is 4.79 Å². The summed E-state index contributed by atoms with van der Waals surface area (Å²) in [5, 5.41) is 15.4. The van der Waals surface area contributed by atoms with E-state index >= 15 is 0 Å². The van der Waals surface area contributed by atoms with Gasteiger partial charge in [-0.05, 0) is 117 Å². The van der Waals surface area contributed by atoms with Gasteiger partial charge in [0.2, 0.25) is 0 Å². The molecule has 3 aromatic rings. The lowest BCUT2D eigenvalue weighted by Gasteiger charge is -2.27. The van der Waals surface area contributed by atoms with Crippen LogP contribution in [0.2, 0.25) is 0 Å². The smallest absolute Gasteiger partial charge is 0.319 e. The summed E-state index contributed by atoms with van der Waals surface area (Å²) in [6.45, 7) is 2.96. The molecule has 2 N–H and O–H groups in total. The highest BCUT2D eigenvalue weighted by Crippen LogP contribution is 2.37. The van der Waals surface area contributed by atoms with Gasteiger partial charge in [0.25, 0.3) is 0 Å². The highest BCUT2D eigenvalue weighted by atomic mass is 127. The Bertz CT molecular complexity index is 1220. The van der Waals surface area contributed by atoms with Gasteiger partial charge in [-0.2, -0.15) is 5.26 Å². The van der Waals surface area contributed by atoms with Crippen molar-refractivity contribution < 1.29 is 4.79 Å². The van der Waals surface area contributed by atoms with Crippen molar-refractivity contribution in [2.24, 2.45) is 11.8 Å². The van der Waals surface area contributed by atoms with Crippen LogP contribution in [0, 0.1) is 30.3 Å². The number of hydrogen-bond donors (Lipinski definition) is 2. The number of rotatable bonds is 6. The Balaban J connectivity index is 1.51. The van der Waals surface area contributed by atoms with Crippen molar-refractivity contribution in [2.75, 3.05) is 11.9 Å². The molecule has 0 radical (unpaired) electrons. The molecule has 0 spiro atoms. The SMILES string of the molecule is CC1CCCC(C(CNC(=O)Nc2cc(I)cc(I)c2)c2ccc(-c3cccc(C#N)c3)cc2)CC1. The van der Waals surface area contributed by atoms with Crippen LogP contribution < -0.4 is 10.6 Å². The summed E-state index contributed by atoms with van der Waals surface area (Å²) in [5.41, 5.74) is 4.89. The first-order valence-electron chi connectivity index (χ1n) is 12.5. The topological polar surface area (TPSA) is 64.9 Å². The molecule has 3 atom stereocenters. The largest absolute Gasteiger partial charge is 0.337 e. The Morgan fingerprint density at radius 3 is 2.44 bits per heavy atom. The second kappa shape index (κ2) is 12.9. The van der Waals surface area contributed by atoms with Crippen LogP contribution in [-0.4, -0.2) is 12.6 Å². The van der Waals surface area contributed by atoms with Crippen LogP contribution in [0.4, 0.5) is 10.5 Å². The highest BCUT2D eigenvalue weighted by molar-refractivity contribution is 14.1. The van der Waals surface area contributed by atoms with Crippen molar-refractivity contribution in [3.63, 3.8) is 0 Å². The van der Waals surface area contributed by atoms with E-state index in [9.17, 15) is 10.1 Å². The predicted molar refractivity (Wildman–Crippen MR) is 164 cm³/mol. The first-order chi connectivity index (χ1) is 17.4. The molecule has 0 aliphatic heterocycles. The maximum atomic E-state index is 12.8. The van der Waals surface area contributed by atoms with Gasteiger partial charge in [-0.15, -0.1) is 0 Å². The third-order valence-corrected chi connectivity index (χ3v) is 8.38. The number of carbonyl (C=O) groups excluding carboxylic acids is 1. The number of halogens is 2. The van der Waals surface area contributed by atoms with Crippen LogP contribution in [0.25, 0.3) is 11.1 Å². The molecule has 4 nitrogen and oxygen atoms in total. The lowest BCUT2D eigenvalue weighted by Crippen LogP contribution is -2.34. The molecule has 1 fully saturated rings. The summed E-state index contributed by atoms with van der Waals surface area (Å²) in [6, 6.07) is 24.5. The Morgan fingerprint density at radius 2 is 1.72 bits per heavy atom. The van der Waals surface area contributed by atoms with Crippen molar-refractivity contribution in [2.45, 2.75) is 44.9 Å². The van der Waals surface area contributed by atoms with Gasteiger partial charge in [0.15, 0.2) is 0 Å². The van der Waals surface area contributed by atoms with Crippen molar-refractivity contribution in [1.29, 1.82) is 5.26 Å². The Hall–Kier alpha value is -2.12. The summed E-state index contributed by atoms with van der Waals surface area (Å²) in [4.78, 5) is 12.8. The molecule has 0 heterocycles. The fourth-order valence-corrected chi connectivity index (χ4v) is 7.11. The fraction of sp³-hybridized carbons (Fsp3) is 0.333. The molecular formula is C30H31I2N3O.